The van der Waals surface area contributed by atoms with Crippen LogP contribution < -0.4 is 5.32 Å². The Bertz CT molecular complexity index is 424. The summed E-state index contributed by atoms with van der Waals surface area (Å²) < 4.78 is 0. The molecule has 0 radical (unpaired) electrons. The van der Waals surface area contributed by atoms with Crippen molar-refractivity contribution < 1.29 is 14.7 Å². The van der Waals surface area contributed by atoms with Crippen molar-refractivity contribution in [3.8, 4) is 0 Å². The monoisotopic (exact) mass is 263 g/mol. The molecule has 1 aromatic carbocycles. The fourth-order valence-corrected chi connectivity index (χ4v) is 1.65. The number of rotatable bonds is 7. The van der Waals surface area contributed by atoms with E-state index in [1.54, 1.807) is 19.1 Å². The Kier molecular flexibility index (Phi) is 6.22. The normalized spacial score (nSPS) is 11.9. The summed E-state index contributed by atoms with van der Waals surface area (Å²) in [6.07, 6.45) is 0.718. The van der Waals surface area contributed by atoms with Crippen LogP contribution in [0.5, 0.6) is 0 Å². The molecule has 4 heteroatoms. The van der Waals surface area contributed by atoms with Crippen LogP contribution in [0.2, 0.25) is 0 Å². The molecule has 0 aliphatic rings. The number of amides is 1. The molecule has 2 N–H and O–H groups in total. The molecule has 104 valence electrons. The van der Waals surface area contributed by atoms with Gasteiger partial charge in [-0.15, -0.1) is 0 Å². The zero-order valence-electron chi connectivity index (χ0n) is 11.5. The van der Waals surface area contributed by atoms with Gasteiger partial charge in [-0.1, -0.05) is 31.2 Å². The molecule has 0 bridgehead atoms. The Labute approximate surface area is 113 Å². The summed E-state index contributed by atoms with van der Waals surface area (Å²) in [5.41, 5.74) is 1.83. The maximum atomic E-state index is 11.9. The van der Waals surface area contributed by atoms with Crippen LogP contribution in [-0.2, 0) is 11.2 Å². The molecule has 0 spiro atoms. The third-order valence-electron chi connectivity index (χ3n) is 2.86. The molecule has 0 aliphatic heterocycles. The highest BCUT2D eigenvalue weighted by atomic mass is 16.3. The van der Waals surface area contributed by atoms with Gasteiger partial charge in [0.15, 0.2) is 5.78 Å². The highest BCUT2D eigenvalue weighted by molar-refractivity contribution is 5.97. The number of aliphatic hydroxyl groups excluding tert-OH is 1. The van der Waals surface area contributed by atoms with E-state index in [0.29, 0.717) is 5.56 Å². The van der Waals surface area contributed by atoms with E-state index in [1.165, 1.54) is 5.56 Å². The SMILES string of the molecule is CCc1ccc(C(=O)CCC(=O)NCC(C)O)cc1. The number of benzene rings is 1. The van der Waals surface area contributed by atoms with Gasteiger partial charge in [0.1, 0.15) is 0 Å². The van der Waals surface area contributed by atoms with E-state index in [0.717, 1.165) is 6.42 Å². The number of carbonyl (C=O) groups excluding carboxylic acids is 2. The van der Waals surface area contributed by atoms with Crippen molar-refractivity contribution >= 4 is 11.7 Å². The highest BCUT2D eigenvalue weighted by Gasteiger charge is 2.09. The number of nitrogens with one attached hydrogen (secondary N) is 1. The molecule has 0 heterocycles. The zero-order valence-corrected chi connectivity index (χ0v) is 11.5. The number of carbonyl (C=O) groups is 2. The molecule has 1 atom stereocenters. The van der Waals surface area contributed by atoms with Crippen molar-refractivity contribution in [1.29, 1.82) is 0 Å². The van der Waals surface area contributed by atoms with Gasteiger partial charge in [-0.05, 0) is 18.9 Å². The molecule has 1 unspecified atom stereocenters. The van der Waals surface area contributed by atoms with E-state index in [2.05, 4.69) is 12.2 Å². The lowest BCUT2D eigenvalue weighted by molar-refractivity contribution is -0.121. The zero-order chi connectivity index (χ0) is 14.3. The number of hydrogen-bond acceptors (Lipinski definition) is 3. The van der Waals surface area contributed by atoms with Crippen molar-refractivity contribution in [2.24, 2.45) is 0 Å². The molecule has 0 aliphatic carbocycles. The molecule has 1 aromatic rings. The summed E-state index contributed by atoms with van der Waals surface area (Å²) in [5.74, 6) is -0.241. The Morgan fingerprint density at radius 2 is 1.84 bits per heavy atom. The van der Waals surface area contributed by atoms with Crippen molar-refractivity contribution in [2.75, 3.05) is 6.54 Å². The van der Waals surface area contributed by atoms with Crippen LogP contribution in [0.3, 0.4) is 0 Å². The third-order valence-corrected chi connectivity index (χ3v) is 2.86. The Hall–Kier alpha value is -1.68. The largest absolute Gasteiger partial charge is 0.392 e. The quantitative estimate of drug-likeness (QED) is 0.736. The van der Waals surface area contributed by atoms with E-state index >= 15 is 0 Å². The van der Waals surface area contributed by atoms with Gasteiger partial charge in [0.05, 0.1) is 6.10 Å². The molecular formula is C15H21NO3. The molecule has 1 rings (SSSR count). The van der Waals surface area contributed by atoms with Gasteiger partial charge < -0.3 is 10.4 Å². The Morgan fingerprint density at radius 1 is 1.21 bits per heavy atom. The van der Waals surface area contributed by atoms with Gasteiger partial charge >= 0.3 is 0 Å². The first-order valence-corrected chi connectivity index (χ1v) is 6.59. The van der Waals surface area contributed by atoms with Crippen LogP contribution in [0.4, 0.5) is 0 Å². The van der Waals surface area contributed by atoms with Crippen LogP contribution in [-0.4, -0.2) is 29.4 Å². The van der Waals surface area contributed by atoms with Crippen LogP contribution in [0.1, 0.15) is 42.6 Å². The Morgan fingerprint density at radius 3 is 2.37 bits per heavy atom. The number of aryl methyl sites for hydroxylation is 1. The summed E-state index contributed by atoms with van der Waals surface area (Å²) in [7, 11) is 0. The summed E-state index contributed by atoms with van der Waals surface area (Å²) in [4.78, 5) is 23.3. The standard InChI is InChI=1S/C15H21NO3/c1-3-12-4-6-13(7-5-12)14(18)8-9-15(19)16-10-11(2)17/h4-7,11,17H,3,8-10H2,1-2H3,(H,16,19). The van der Waals surface area contributed by atoms with E-state index in [-0.39, 0.29) is 31.1 Å². The Balaban J connectivity index is 2.40. The second kappa shape index (κ2) is 7.69. The predicted molar refractivity (Wildman–Crippen MR) is 74.1 cm³/mol. The molecular weight excluding hydrogens is 242 g/mol. The summed E-state index contributed by atoms with van der Waals surface area (Å²) in [6.45, 7) is 3.88. The topological polar surface area (TPSA) is 66.4 Å². The first-order valence-electron chi connectivity index (χ1n) is 6.59. The number of ketones is 1. The molecule has 4 nitrogen and oxygen atoms in total. The smallest absolute Gasteiger partial charge is 0.220 e. The van der Waals surface area contributed by atoms with Gasteiger partial charge in [0.2, 0.25) is 5.91 Å². The van der Waals surface area contributed by atoms with Crippen LogP contribution in [0, 0.1) is 0 Å². The fraction of sp³-hybridized carbons (Fsp3) is 0.467. The van der Waals surface area contributed by atoms with Crippen molar-refractivity contribution in [1.82, 2.24) is 5.32 Å². The first-order chi connectivity index (χ1) is 9.02. The fourth-order valence-electron chi connectivity index (χ4n) is 1.65. The van der Waals surface area contributed by atoms with Gasteiger partial charge in [-0.25, -0.2) is 0 Å². The van der Waals surface area contributed by atoms with Crippen molar-refractivity contribution in [2.45, 2.75) is 39.2 Å². The minimum absolute atomic E-state index is 0.0325. The van der Waals surface area contributed by atoms with E-state index < -0.39 is 6.10 Å². The second-order valence-corrected chi connectivity index (χ2v) is 4.63. The summed E-state index contributed by atoms with van der Waals surface area (Å²) in [6, 6.07) is 7.46. The number of Topliss-reactive ketones (excluding diaryl/α,β-unsaturated/α-hetero) is 1. The lowest BCUT2D eigenvalue weighted by atomic mass is 10.0. The molecule has 19 heavy (non-hydrogen) atoms. The van der Waals surface area contributed by atoms with Gasteiger partial charge in [0, 0.05) is 24.9 Å². The van der Waals surface area contributed by atoms with E-state index in [9.17, 15) is 9.59 Å². The maximum absolute atomic E-state index is 11.9. The predicted octanol–water partition coefficient (Wildman–Crippen LogP) is 1.71. The number of aliphatic hydroxyl groups is 1. The molecule has 0 aromatic heterocycles. The summed E-state index contributed by atoms with van der Waals surface area (Å²) in [5, 5.41) is 11.6. The highest BCUT2D eigenvalue weighted by Crippen LogP contribution is 2.08. The number of hydrogen-bond donors (Lipinski definition) is 2. The third kappa shape index (κ3) is 5.66. The molecule has 1 amide bonds. The van der Waals surface area contributed by atoms with Crippen molar-refractivity contribution in [3.63, 3.8) is 0 Å². The molecule has 0 saturated carbocycles. The maximum Gasteiger partial charge on any atom is 0.220 e. The van der Waals surface area contributed by atoms with Gasteiger partial charge in [0.25, 0.3) is 0 Å². The minimum Gasteiger partial charge on any atom is -0.392 e. The van der Waals surface area contributed by atoms with Crippen LogP contribution in [0.15, 0.2) is 24.3 Å². The second-order valence-electron chi connectivity index (χ2n) is 4.63. The average molecular weight is 263 g/mol. The first kappa shape index (κ1) is 15.4. The lowest BCUT2D eigenvalue weighted by Gasteiger charge is -2.07. The molecule has 0 saturated heterocycles. The summed E-state index contributed by atoms with van der Waals surface area (Å²) >= 11 is 0. The van der Waals surface area contributed by atoms with Crippen molar-refractivity contribution in [3.05, 3.63) is 35.4 Å². The van der Waals surface area contributed by atoms with E-state index in [1.807, 2.05) is 12.1 Å². The minimum atomic E-state index is -0.568. The van der Waals surface area contributed by atoms with E-state index in [4.69, 9.17) is 5.11 Å². The molecule has 0 fully saturated rings. The average Bonchev–Trinajstić information content (AvgIpc) is 2.42. The van der Waals surface area contributed by atoms with Gasteiger partial charge in [-0.2, -0.15) is 0 Å². The van der Waals surface area contributed by atoms with Crippen LogP contribution in [0.25, 0.3) is 0 Å². The van der Waals surface area contributed by atoms with Crippen LogP contribution >= 0.6 is 0 Å². The lowest BCUT2D eigenvalue weighted by Crippen LogP contribution is -2.30. The van der Waals surface area contributed by atoms with Gasteiger partial charge in [-0.3, -0.25) is 9.59 Å².